The first-order chi connectivity index (χ1) is 9.72. The van der Waals surface area contributed by atoms with E-state index in [2.05, 4.69) is 82.6 Å². The van der Waals surface area contributed by atoms with Crippen LogP contribution in [0.5, 0.6) is 0 Å². The molecule has 0 spiro atoms. The summed E-state index contributed by atoms with van der Waals surface area (Å²) in [6, 6.07) is 17.0. The molecule has 0 aromatic heterocycles. The Morgan fingerprint density at radius 1 is 1.00 bits per heavy atom. The molecule has 0 atom stereocenters. The van der Waals surface area contributed by atoms with Crippen molar-refractivity contribution in [3.05, 3.63) is 64.1 Å². The smallest absolute Gasteiger partial charge is 0.0437 e. The van der Waals surface area contributed by atoms with E-state index in [4.69, 9.17) is 0 Å². The van der Waals surface area contributed by atoms with Crippen molar-refractivity contribution in [1.29, 1.82) is 0 Å². The number of nitrogens with one attached hydrogen (secondary N) is 1. The van der Waals surface area contributed by atoms with Crippen LogP contribution in [0, 0.1) is 0 Å². The Hall–Kier alpha value is -1.32. The number of rotatable bonds is 6. The Bertz CT molecular complexity index is 554. The maximum atomic E-state index is 3.62. The van der Waals surface area contributed by atoms with Gasteiger partial charge in [-0.2, -0.15) is 0 Å². The standard InChI is InChI=1S/C17H21BrN2/c1-3-19-12-14-8-5-7-11-17(14)20(2)13-15-9-4-6-10-16(15)18/h4-11,19H,3,12-13H2,1-2H3. The zero-order valence-corrected chi connectivity index (χ0v) is 13.7. The third kappa shape index (κ3) is 3.84. The maximum Gasteiger partial charge on any atom is 0.0437 e. The topological polar surface area (TPSA) is 15.3 Å². The van der Waals surface area contributed by atoms with Crippen molar-refractivity contribution in [2.24, 2.45) is 0 Å². The number of hydrogen-bond donors (Lipinski definition) is 1. The summed E-state index contributed by atoms with van der Waals surface area (Å²) in [4.78, 5) is 2.30. The Balaban J connectivity index is 2.16. The summed E-state index contributed by atoms with van der Waals surface area (Å²) in [5.74, 6) is 0. The van der Waals surface area contributed by atoms with Crippen LogP contribution in [0.4, 0.5) is 5.69 Å². The quantitative estimate of drug-likeness (QED) is 0.852. The molecule has 0 aliphatic heterocycles. The fourth-order valence-electron chi connectivity index (χ4n) is 2.26. The molecule has 0 bridgehead atoms. The van der Waals surface area contributed by atoms with E-state index < -0.39 is 0 Å². The first-order valence-electron chi connectivity index (χ1n) is 6.95. The summed E-state index contributed by atoms with van der Waals surface area (Å²) in [5.41, 5.74) is 3.92. The highest BCUT2D eigenvalue weighted by molar-refractivity contribution is 9.10. The van der Waals surface area contributed by atoms with Gasteiger partial charge in [0.05, 0.1) is 0 Å². The van der Waals surface area contributed by atoms with Gasteiger partial charge in [0.2, 0.25) is 0 Å². The zero-order valence-electron chi connectivity index (χ0n) is 12.1. The molecule has 0 saturated heterocycles. The molecule has 0 amide bonds. The van der Waals surface area contributed by atoms with Gasteiger partial charge in [0.25, 0.3) is 0 Å². The van der Waals surface area contributed by atoms with Gasteiger partial charge in [0, 0.05) is 30.3 Å². The molecule has 1 N–H and O–H groups in total. The molecule has 0 unspecified atom stereocenters. The van der Waals surface area contributed by atoms with E-state index in [-0.39, 0.29) is 0 Å². The fraction of sp³-hybridized carbons (Fsp3) is 0.294. The molecule has 2 nitrogen and oxygen atoms in total. The second-order valence-electron chi connectivity index (χ2n) is 4.86. The predicted octanol–water partition coefficient (Wildman–Crippen LogP) is 4.20. The Morgan fingerprint density at radius 3 is 2.35 bits per heavy atom. The van der Waals surface area contributed by atoms with Gasteiger partial charge in [-0.05, 0) is 29.8 Å². The molecule has 0 saturated carbocycles. The first-order valence-corrected chi connectivity index (χ1v) is 7.75. The second kappa shape index (κ2) is 7.46. The van der Waals surface area contributed by atoms with Gasteiger partial charge in [-0.1, -0.05) is 59.3 Å². The lowest BCUT2D eigenvalue weighted by atomic mass is 10.1. The summed E-state index contributed by atoms with van der Waals surface area (Å²) in [7, 11) is 2.14. The molecule has 2 aromatic rings. The van der Waals surface area contributed by atoms with Crippen LogP contribution in [0.1, 0.15) is 18.1 Å². The van der Waals surface area contributed by atoms with Gasteiger partial charge in [0.15, 0.2) is 0 Å². The molecule has 0 radical (unpaired) electrons. The van der Waals surface area contributed by atoms with E-state index in [9.17, 15) is 0 Å². The molecule has 0 aliphatic rings. The van der Waals surface area contributed by atoms with Gasteiger partial charge in [-0.25, -0.2) is 0 Å². The lowest BCUT2D eigenvalue weighted by molar-refractivity contribution is 0.723. The summed E-state index contributed by atoms with van der Waals surface area (Å²) in [5, 5.41) is 3.40. The van der Waals surface area contributed by atoms with E-state index in [0.717, 1.165) is 24.1 Å². The van der Waals surface area contributed by atoms with Crippen LogP contribution in [-0.2, 0) is 13.1 Å². The first kappa shape index (κ1) is 15.1. The number of halogens is 1. The van der Waals surface area contributed by atoms with Gasteiger partial charge in [0.1, 0.15) is 0 Å². The highest BCUT2D eigenvalue weighted by Crippen LogP contribution is 2.23. The molecule has 0 fully saturated rings. The largest absolute Gasteiger partial charge is 0.370 e. The third-order valence-corrected chi connectivity index (χ3v) is 4.11. The molecule has 0 aliphatic carbocycles. The molecule has 0 heterocycles. The van der Waals surface area contributed by atoms with Crippen LogP contribution < -0.4 is 10.2 Å². The van der Waals surface area contributed by atoms with Crippen LogP contribution in [0.15, 0.2) is 53.0 Å². The lowest BCUT2D eigenvalue weighted by Gasteiger charge is -2.23. The van der Waals surface area contributed by atoms with Crippen molar-refractivity contribution in [3.63, 3.8) is 0 Å². The molecule has 3 heteroatoms. The average molecular weight is 333 g/mol. The van der Waals surface area contributed by atoms with E-state index >= 15 is 0 Å². The van der Waals surface area contributed by atoms with Crippen molar-refractivity contribution >= 4 is 21.6 Å². The minimum atomic E-state index is 0.893. The van der Waals surface area contributed by atoms with Gasteiger partial charge >= 0.3 is 0 Å². The Kier molecular flexibility index (Phi) is 5.62. The van der Waals surface area contributed by atoms with Gasteiger partial charge in [-0.15, -0.1) is 0 Å². The van der Waals surface area contributed by atoms with Crippen LogP contribution >= 0.6 is 15.9 Å². The van der Waals surface area contributed by atoms with E-state index in [1.807, 2.05) is 6.07 Å². The van der Waals surface area contributed by atoms with Crippen LogP contribution in [0.25, 0.3) is 0 Å². The van der Waals surface area contributed by atoms with Crippen LogP contribution in [0.2, 0.25) is 0 Å². The number of benzene rings is 2. The van der Waals surface area contributed by atoms with Crippen LogP contribution in [-0.4, -0.2) is 13.6 Å². The van der Waals surface area contributed by atoms with E-state index in [1.54, 1.807) is 0 Å². The highest BCUT2D eigenvalue weighted by Gasteiger charge is 2.08. The SMILES string of the molecule is CCNCc1ccccc1N(C)Cc1ccccc1Br. The average Bonchev–Trinajstić information content (AvgIpc) is 2.47. The molecule has 2 aromatic carbocycles. The fourth-order valence-corrected chi connectivity index (χ4v) is 2.67. The molecule has 20 heavy (non-hydrogen) atoms. The summed E-state index contributed by atoms with van der Waals surface area (Å²) in [6.07, 6.45) is 0. The van der Waals surface area contributed by atoms with Crippen molar-refractivity contribution in [3.8, 4) is 0 Å². The third-order valence-electron chi connectivity index (χ3n) is 3.33. The summed E-state index contributed by atoms with van der Waals surface area (Å²) < 4.78 is 1.16. The van der Waals surface area contributed by atoms with Crippen molar-refractivity contribution < 1.29 is 0 Å². The number of para-hydroxylation sites is 1. The molecule has 2 rings (SSSR count). The predicted molar refractivity (Wildman–Crippen MR) is 90.1 cm³/mol. The maximum absolute atomic E-state index is 3.62. The molecular formula is C17H21BrN2. The lowest BCUT2D eigenvalue weighted by Crippen LogP contribution is -2.20. The zero-order chi connectivity index (χ0) is 14.4. The summed E-state index contributed by atoms with van der Waals surface area (Å²) >= 11 is 3.62. The Morgan fingerprint density at radius 2 is 1.65 bits per heavy atom. The van der Waals surface area contributed by atoms with Gasteiger partial charge in [-0.3, -0.25) is 0 Å². The van der Waals surface area contributed by atoms with Crippen molar-refractivity contribution in [2.45, 2.75) is 20.0 Å². The minimum absolute atomic E-state index is 0.893. The van der Waals surface area contributed by atoms with Crippen LogP contribution in [0.3, 0.4) is 0 Å². The molecule has 106 valence electrons. The second-order valence-corrected chi connectivity index (χ2v) is 5.71. The number of hydrogen-bond acceptors (Lipinski definition) is 2. The molecular weight excluding hydrogens is 312 g/mol. The number of nitrogens with zero attached hydrogens (tertiary/aromatic N) is 1. The summed E-state index contributed by atoms with van der Waals surface area (Å²) in [6.45, 7) is 4.92. The monoisotopic (exact) mass is 332 g/mol. The van der Waals surface area contributed by atoms with E-state index in [1.165, 1.54) is 16.8 Å². The highest BCUT2D eigenvalue weighted by atomic mass is 79.9. The van der Waals surface area contributed by atoms with Crippen molar-refractivity contribution in [1.82, 2.24) is 5.32 Å². The Labute approximate surface area is 129 Å². The number of anilines is 1. The normalized spacial score (nSPS) is 10.6. The minimum Gasteiger partial charge on any atom is -0.370 e. The van der Waals surface area contributed by atoms with Crippen molar-refractivity contribution in [2.75, 3.05) is 18.5 Å². The van der Waals surface area contributed by atoms with E-state index in [0.29, 0.717) is 0 Å². The van der Waals surface area contributed by atoms with Gasteiger partial charge < -0.3 is 10.2 Å².